The van der Waals surface area contributed by atoms with Crippen molar-refractivity contribution in [1.82, 2.24) is 0 Å². The smallest absolute Gasteiger partial charge is 0.303 e. The first-order valence-corrected chi connectivity index (χ1v) is 6.88. The predicted octanol–water partition coefficient (Wildman–Crippen LogP) is 2.99. The van der Waals surface area contributed by atoms with Crippen LogP contribution < -0.4 is 0 Å². The highest BCUT2D eigenvalue weighted by atomic mass is 127. The molecule has 0 radical (unpaired) electrons. The zero-order valence-corrected chi connectivity index (χ0v) is 11.3. The van der Waals surface area contributed by atoms with Crippen LogP contribution in [0, 0.1) is 0 Å². The number of hydrogen-bond donors (Lipinski definition) is 2. The Kier molecular flexibility index (Phi) is 10.8. The van der Waals surface area contributed by atoms with E-state index in [4.69, 9.17) is 10.2 Å². The van der Waals surface area contributed by atoms with Crippen LogP contribution in [0.5, 0.6) is 0 Å². The summed E-state index contributed by atoms with van der Waals surface area (Å²) in [5, 5.41) is 17.2. The van der Waals surface area contributed by atoms with Crippen molar-refractivity contribution >= 4 is 28.6 Å². The van der Waals surface area contributed by atoms with Gasteiger partial charge in [0.1, 0.15) is 0 Å². The molecule has 0 heterocycles. The van der Waals surface area contributed by atoms with E-state index >= 15 is 0 Å². The van der Waals surface area contributed by atoms with Crippen LogP contribution in [0.4, 0.5) is 0 Å². The van der Waals surface area contributed by atoms with E-state index in [0.717, 1.165) is 25.7 Å². The minimum Gasteiger partial charge on any atom is -0.481 e. The van der Waals surface area contributed by atoms with Gasteiger partial charge in [-0.15, -0.1) is 0 Å². The van der Waals surface area contributed by atoms with Crippen molar-refractivity contribution in [3.05, 3.63) is 0 Å². The lowest BCUT2D eigenvalue weighted by atomic mass is 10.1. The second-order valence-electron chi connectivity index (χ2n) is 3.83. The summed E-state index contributed by atoms with van der Waals surface area (Å²) in [5.41, 5.74) is 0. The lowest BCUT2D eigenvalue weighted by Crippen LogP contribution is -2.02. The van der Waals surface area contributed by atoms with E-state index in [1.807, 2.05) is 0 Å². The summed E-state index contributed by atoms with van der Waals surface area (Å²) in [4.78, 5) is 10.2. The standard InChI is InChI=1S/C11H21IO3/c12-10(9-13)7-5-3-1-2-4-6-8-11(14)15/h10,13H,1-9H2,(H,14,15). The number of aliphatic carboxylic acids is 1. The Balaban J connectivity index is 3.02. The number of halogens is 1. The van der Waals surface area contributed by atoms with Gasteiger partial charge >= 0.3 is 5.97 Å². The minimum atomic E-state index is -0.689. The third kappa shape index (κ3) is 12.1. The van der Waals surface area contributed by atoms with Crippen LogP contribution in [-0.2, 0) is 4.79 Å². The molecule has 0 spiro atoms. The predicted molar refractivity (Wildman–Crippen MR) is 69.5 cm³/mol. The van der Waals surface area contributed by atoms with Gasteiger partial charge in [0, 0.05) is 10.3 Å². The van der Waals surface area contributed by atoms with Crippen LogP contribution in [0.1, 0.15) is 51.4 Å². The molecule has 0 saturated carbocycles. The molecule has 0 aliphatic carbocycles. The summed E-state index contributed by atoms with van der Waals surface area (Å²) >= 11 is 2.27. The van der Waals surface area contributed by atoms with Crippen molar-refractivity contribution in [2.75, 3.05) is 6.61 Å². The highest BCUT2D eigenvalue weighted by Crippen LogP contribution is 2.13. The average molecular weight is 328 g/mol. The zero-order valence-electron chi connectivity index (χ0n) is 9.12. The van der Waals surface area contributed by atoms with Crippen molar-refractivity contribution in [2.45, 2.75) is 55.3 Å². The first-order chi connectivity index (χ1) is 7.16. The maximum absolute atomic E-state index is 10.2. The van der Waals surface area contributed by atoms with Crippen molar-refractivity contribution in [3.63, 3.8) is 0 Å². The lowest BCUT2D eigenvalue weighted by molar-refractivity contribution is -0.137. The molecular weight excluding hydrogens is 307 g/mol. The molecule has 90 valence electrons. The molecule has 15 heavy (non-hydrogen) atoms. The zero-order chi connectivity index (χ0) is 11.5. The van der Waals surface area contributed by atoms with Gasteiger partial charge in [-0.25, -0.2) is 0 Å². The van der Waals surface area contributed by atoms with E-state index in [1.54, 1.807) is 0 Å². The van der Waals surface area contributed by atoms with Gasteiger partial charge in [-0.2, -0.15) is 0 Å². The number of aliphatic hydroxyl groups excluding tert-OH is 1. The Labute approximate surface area is 105 Å². The van der Waals surface area contributed by atoms with Crippen LogP contribution in [0.15, 0.2) is 0 Å². The van der Waals surface area contributed by atoms with Gasteiger partial charge in [0.25, 0.3) is 0 Å². The van der Waals surface area contributed by atoms with E-state index in [9.17, 15) is 4.79 Å². The van der Waals surface area contributed by atoms with Gasteiger partial charge in [-0.3, -0.25) is 4.79 Å². The van der Waals surface area contributed by atoms with Crippen LogP contribution in [0.3, 0.4) is 0 Å². The molecule has 4 heteroatoms. The number of carboxylic acid groups (broad SMARTS) is 1. The Hall–Kier alpha value is 0.160. The number of carboxylic acids is 1. The fourth-order valence-electron chi connectivity index (χ4n) is 1.44. The largest absolute Gasteiger partial charge is 0.481 e. The van der Waals surface area contributed by atoms with E-state index in [0.29, 0.717) is 10.3 Å². The van der Waals surface area contributed by atoms with E-state index in [2.05, 4.69) is 22.6 Å². The summed E-state index contributed by atoms with van der Waals surface area (Å²) in [5.74, 6) is -0.689. The van der Waals surface area contributed by atoms with E-state index in [-0.39, 0.29) is 6.61 Å². The van der Waals surface area contributed by atoms with E-state index in [1.165, 1.54) is 19.3 Å². The molecule has 0 rings (SSSR count). The van der Waals surface area contributed by atoms with Gasteiger partial charge in [-0.05, 0) is 12.8 Å². The van der Waals surface area contributed by atoms with Crippen LogP contribution in [0.25, 0.3) is 0 Å². The number of unbranched alkanes of at least 4 members (excludes halogenated alkanes) is 5. The molecule has 0 aliphatic heterocycles. The molecule has 0 aromatic heterocycles. The van der Waals surface area contributed by atoms with Crippen molar-refractivity contribution in [2.24, 2.45) is 0 Å². The summed E-state index contributed by atoms with van der Waals surface area (Å²) in [7, 11) is 0. The third-order valence-corrected chi connectivity index (χ3v) is 3.37. The average Bonchev–Trinajstić information content (AvgIpc) is 2.21. The van der Waals surface area contributed by atoms with E-state index < -0.39 is 5.97 Å². The number of carbonyl (C=O) groups is 1. The monoisotopic (exact) mass is 328 g/mol. The molecule has 1 atom stereocenters. The molecular formula is C11H21IO3. The van der Waals surface area contributed by atoms with Gasteiger partial charge < -0.3 is 10.2 Å². The summed E-state index contributed by atoms with van der Waals surface area (Å²) in [6, 6.07) is 0. The summed E-state index contributed by atoms with van der Waals surface area (Å²) in [6.45, 7) is 0.277. The molecule has 0 saturated heterocycles. The first-order valence-electron chi connectivity index (χ1n) is 5.63. The second-order valence-corrected chi connectivity index (χ2v) is 5.60. The van der Waals surface area contributed by atoms with Crippen LogP contribution in [0.2, 0.25) is 0 Å². The van der Waals surface area contributed by atoms with Crippen molar-refractivity contribution in [3.8, 4) is 0 Å². The summed E-state index contributed by atoms with van der Waals surface area (Å²) in [6.07, 6.45) is 7.93. The molecule has 0 aromatic carbocycles. The lowest BCUT2D eigenvalue weighted by Gasteiger charge is -2.05. The molecule has 0 aliphatic rings. The fourth-order valence-corrected chi connectivity index (χ4v) is 1.88. The molecule has 2 N–H and O–H groups in total. The summed E-state index contributed by atoms with van der Waals surface area (Å²) < 4.78 is 0.398. The number of alkyl halides is 1. The minimum absolute atomic E-state index is 0.277. The Morgan fingerprint density at radius 3 is 2.13 bits per heavy atom. The first kappa shape index (κ1) is 15.2. The maximum atomic E-state index is 10.2. The van der Waals surface area contributed by atoms with Crippen LogP contribution in [-0.4, -0.2) is 26.7 Å². The molecule has 0 aromatic rings. The topological polar surface area (TPSA) is 57.5 Å². The quantitative estimate of drug-likeness (QED) is 0.368. The highest BCUT2D eigenvalue weighted by molar-refractivity contribution is 14.1. The maximum Gasteiger partial charge on any atom is 0.303 e. The molecule has 0 bridgehead atoms. The second kappa shape index (κ2) is 10.7. The molecule has 1 unspecified atom stereocenters. The third-order valence-electron chi connectivity index (χ3n) is 2.36. The van der Waals surface area contributed by atoms with Gasteiger partial charge in [0.05, 0.1) is 6.61 Å². The fraction of sp³-hybridized carbons (Fsp3) is 0.909. The normalized spacial score (nSPS) is 12.7. The Morgan fingerprint density at radius 1 is 1.07 bits per heavy atom. The Bertz CT molecular complexity index is 162. The van der Waals surface area contributed by atoms with Crippen LogP contribution >= 0.6 is 22.6 Å². The van der Waals surface area contributed by atoms with Crippen molar-refractivity contribution in [1.29, 1.82) is 0 Å². The Morgan fingerprint density at radius 2 is 1.60 bits per heavy atom. The molecule has 3 nitrogen and oxygen atoms in total. The van der Waals surface area contributed by atoms with Gasteiger partial charge in [-0.1, -0.05) is 54.7 Å². The highest BCUT2D eigenvalue weighted by Gasteiger charge is 2.01. The SMILES string of the molecule is O=C(O)CCCCCCCCC(I)CO. The number of hydrogen-bond acceptors (Lipinski definition) is 2. The van der Waals surface area contributed by atoms with Gasteiger partial charge in [0.15, 0.2) is 0 Å². The van der Waals surface area contributed by atoms with Gasteiger partial charge in [0.2, 0.25) is 0 Å². The van der Waals surface area contributed by atoms with Crippen molar-refractivity contribution < 1.29 is 15.0 Å². The number of rotatable bonds is 10. The number of aliphatic hydroxyl groups is 1. The molecule has 0 amide bonds. The molecule has 0 fully saturated rings.